The van der Waals surface area contributed by atoms with Crippen molar-refractivity contribution in [1.82, 2.24) is 10.2 Å². The molecule has 0 bridgehead atoms. The van der Waals surface area contributed by atoms with Crippen molar-refractivity contribution < 1.29 is 0 Å². The second-order valence-corrected chi connectivity index (χ2v) is 5.76. The molecule has 0 spiro atoms. The third kappa shape index (κ3) is 4.41. The van der Waals surface area contributed by atoms with E-state index in [2.05, 4.69) is 34.0 Å². The number of thiophene rings is 1. The van der Waals surface area contributed by atoms with Crippen LogP contribution < -0.4 is 5.32 Å². The Bertz CT molecular complexity index is 289. The van der Waals surface area contributed by atoms with Crippen molar-refractivity contribution in [2.75, 3.05) is 19.6 Å². The van der Waals surface area contributed by atoms with Gasteiger partial charge < -0.3 is 10.2 Å². The lowest BCUT2D eigenvalue weighted by Crippen LogP contribution is -2.42. The van der Waals surface area contributed by atoms with E-state index in [1.54, 1.807) is 11.3 Å². The average molecular weight is 252 g/mol. The van der Waals surface area contributed by atoms with E-state index >= 15 is 0 Å². The van der Waals surface area contributed by atoms with Crippen LogP contribution in [-0.2, 0) is 6.54 Å². The van der Waals surface area contributed by atoms with E-state index in [1.165, 1.54) is 50.9 Å². The standard InChI is InChI=1S/C14H24N2S/c1-2-3-7-16-8-4-14(5-9-16)15-11-13-6-10-17-12-13/h6,10,12,14-15H,2-5,7-9,11H2,1H3. The lowest BCUT2D eigenvalue weighted by molar-refractivity contribution is 0.195. The van der Waals surface area contributed by atoms with Crippen LogP contribution in [0.25, 0.3) is 0 Å². The van der Waals surface area contributed by atoms with E-state index in [-0.39, 0.29) is 0 Å². The average Bonchev–Trinajstić information content (AvgIpc) is 2.88. The molecule has 0 radical (unpaired) electrons. The molecule has 0 amide bonds. The van der Waals surface area contributed by atoms with Gasteiger partial charge in [0.05, 0.1) is 0 Å². The molecule has 96 valence electrons. The molecule has 2 rings (SSSR count). The Hall–Kier alpha value is -0.380. The smallest absolute Gasteiger partial charge is 0.0216 e. The molecule has 2 heterocycles. The van der Waals surface area contributed by atoms with E-state index < -0.39 is 0 Å². The minimum Gasteiger partial charge on any atom is -0.310 e. The largest absolute Gasteiger partial charge is 0.310 e. The fraction of sp³-hybridized carbons (Fsp3) is 0.714. The van der Waals surface area contributed by atoms with Crippen molar-refractivity contribution in [1.29, 1.82) is 0 Å². The van der Waals surface area contributed by atoms with E-state index in [1.807, 2.05) is 0 Å². The maximum atomic E-state index is 3.68. The third-order valence-corrected chi connectivity index (χ3v) is 4.32. The van der Waals surface area contributed by atoms with Crippen LogP contribution in [0.4, 0.5) is 0 Å². The molecule has 0 aromatic carbocycles. The number of nitrogens with zero attached hydrogens (tertiary/aromatic N) is 1. The predicted molar refractivity (Wildman–Crippen MR) is 75.5 cm³/mol. The first-order chi connectivity index (χ1) is 8.38. The summed E-state index contributed by atoms with van der Waals surface area (Å²) in [5.74, 6) is 0. The van der Waals surface area contributed by atoms with Crippen LogP contribution in [0.15, 0.2) is 16.8 Å². The molecular formula is C14H24N2S. The number of likely N-dealkylation sites (tertiary alicyclic amines) is 1. The lowest BCUT2D eigenvalue weighted by Gasteiger charge is -2.32. The van der Waals surface area contributed by atoms with Gasteiger partial charge in [0.15, 0.2) is 0 Å². The zero-order valence-electron chi connectivity index (χ0n) is 10.8. The molecule has 1 saturated heterocycles. The summed E-state index contributed by atoms with van der Waals surface area (Å²) in [5, 5.41) is 8.08. The Morgan fingerprint density at radius 2 is 2.24 bits per heavy atom. The van der Waals surface area contributed by atoms with Gasteiger partial charge in [-0.25, -0.2) is 0 Å². The van der Waals surface area contributed by atoms with Gasteiger partial charge in [-0.2, -0.15) is 11.3 Å². The molecule has 3 heteroatoms. The minimum absolute atomic E-state index is 0.729. The second-order valence-electron chi connectivity index (χ2n) is 4.98. The summed E-state index contributed by atoms with van der Waals surface area (Å²) in [7, 11) is 0. The summed E-state index contributed by atoms with van der Waals surface area (Å²) in [4.78, 5) is 2.62. The van der Waals surface area contributed by atoms with Gasteiger partial charge in [-0.1, -0.05) is 13.3 Å². The van der Waals surface area contributed by atoms with Crippen molar-refractivity contribution in [2.24, 2.45) is 0 Å². The number of hydrogen-bond donors (Lipinski definition) is 1. The van der Waals surface area contributed by atoms with Gasteiger partial charge in [-0.05, 0) is 61.3 Å². The molecule has 0 unspecified atom stereocenters. The van der Waals surface area contributed by atoms with Gasteiger partial charge in [-0.15, -0.1) is 0 Å². The van der Waals surface area contributed by atoms with Crippen LogP contribution >= 0.6 is 11.3 Å². The first-order valence-electron chi connectivity index (χ1n) is 6.85. The number of hydrogen-bond acceptors (Lipinski definition) is 3. The van der Waals surface area contributed by atoms with Gasteiger partial charge in [0.1, 0.15) is 0 Å². The predicted octanol–water partition coefficient (Wildman–Crippen LogP) is 3.10. The highest BCUT2D eigenvalue weighted by Gasteiger charge is 2.17. The van der Waals surface area contributed by atoms with Crippen molar-refractivity contribution in [3.63, 3.8) is 0 Å². The molecule has 1 aliphatic heterocycles. The summed E-state index contributed by atoms with van der Waals surface area (Å²) in [5.41, 5.74) is 1.43. The number of nitrogens with one attached hydrogen (secondary N) is 1. The van der Waals surface area contributed by atoms with Gasteiger partial charge in [0.25, 0.3) is 0 Å². The highest BCUT2D eigenvalue weighted by Crippen LogP contribution is 2.12. The SMILES string of the molecule is CCCCN1CCC(NCc2ccsc2)CC1. The van der Waals surface area contributed by atoms with Gasteiger partial charge in [0.2, 0.25) is 0 Å². The zero-order valence-corrected chi connectivity index (χ0v) is 11.6. The number of rotatable bonds is 6. The van der Waals surface area contributed by atoms with Crippen LogP contribution in [-0.4, -0.2) is 30.6 Å². The van der Waals surface area contributed by atoms with E-state index in [9.17, 15) is 0 Å². The Labute approximate surface area is 109 Å². The second kappa shape index (κ2) is 7.14. The Balaban J connectivity index is 1.62. The summed E-state index contributed by atoms with van der Waals surface area (Å²) in [6.07, 6.45) is 5.30. The van der Waals surface area contributed by atoms with Gasteiger partial charge in [-0.3, -0.25) is 0 Å². The van der Waals surface area contributed by atoms with Gasteiger partial charge >= 0.3 is 0 Å². The molecule has 0 saturated carbocycles. The highest BCUT2D eigenvalue weighted by molar-refractivity contribution is 7.07. The molecule has 1 aromatic rings. The first-order valence-corrected chi connectivity index (χ1v) is 7.79. The monoisotopic (exact) mass is 252 g/mol. The van der Waals surface area contributed by atoms with Crippen LogP contribution in [0.3, 0.4) is 0 Å². The molecule has 1 aromatic heterocycles. The van der Waals surface area contributed by atoms with Crippen LogP contribution in [0.2, 0.25) is 0 Å². The van der Waals surface area contributed by atoms with Crippen molar-refractivity contribution in [3.8, 4) is 0 Å². The highest BCUT2D eigenvalue weighted by atomic mass is 32.1. The Morgan fingerprint density at radius 3 is 2.88 bits per heavy atom. The van der Waals surface area contributed by atoms with Gasteiger partial charge in [0, 0.05) is 12.6 Å². The molecule has 1 fully saturated rings. The quantitative estimate of drug-likeness (QED) is 0.837. The van der Waals surface area contributed by atoms with Crippen molar-refractivity contribution >= 4 is 11.3 Å². The molecule has 1 aliphatic rings. The lowest BCUT2D eigenvalue weighted by atomic mass is 10.0. The zero-order chi connectivity index (χ0) is 11.9. The third-order valence-electron chi connectivity index (χ3n) is 3.59. The van der Waals surface area contributed by atoms with Crippen LogP contribution in [0, 0.1) is 0 Å². The van der Waals surface area contributed by atoms with Crippen molar-refractivity contribution in [2.45, 2.75) is 45.2 Å². The maximum absolute atomic E-state index is 3.68. The van der Waals surface area contributed by atoms with E-state index in [4.69, 9.17) is 0 Å². The number of unbranched alkanes of at least 4 members (excludes halogenated alkanes) is 1. The number of piperidine rings is 1. The first kappa shape index (κ1) is 13.1. The molecule has 0 aliphatic carbocycles. The van der Waals surface area contributed by atoms with E-state index in [0.717, 1.165) is 12.6 Å². The summed E-state index contributed by atoms with van der Waals surface area (Å²) in [6.45, 7) is 7.18. The van der Waals surface area contributed by atoms with E-state index in [0.29, 0.717) is 0 Å². The molecular weight excluding hydrogens is 228 g/mol. The Kier molecular flexibility index (Phi) is 5.49. The summed E-state index contributed by atoms with van der Waals surface area (Å²) < 4.78 is 0. The fourth-order valence-electron chi connectivity index (χ4n) is 2.40. The van der Waals surface area contributed by atoms with Crippen LogP contribution in [0.5, 0.6) is 0 Å². The molecule has 1 N–H and O–H groups in total. The fourth-order valence-corrected chi connectivity index (χ4v) is 3.07. The van der Waals surface area contributed by atoms with Crippen LogP contribution in [0.1, 0.15) is 38.2 Å². The molecule has 17 heavy (non-hydrogen) atoms. The topological polar surface area (TPSA) is 15.3 Å². The normalized spacial score (nSPS) is 18.6. The summed E-state index contributed by atoms with van der Waals surface area (Å²) >= 11 is 1.79. The maximum Gasteiger partial charge on any atom is 0.0216 e. The molecule has 0 atom stereocenters. The Morgan fingerprint density at radius 1 is 1.41 bits per heavy atom. The molecule has 2 nitrogen and oxygen atoms in total. The van der Waals surface area contributed by atoms with Crippen molar-refractivity contribution in [3.05, 3.63) is 22.4 Å². The summed E-state index contributed by atoms with van der Waals surface area (Å²) in [6, 6.07) is 2.95. The minimum atomic E-state index is 0.729.